The number of carbonyl (C=O) groups is 2. The molecule has 0 aliphatic rings. The highest BCUT2D eigenvalue weighted by molar-refractivity contribution is 5.95. The van der Waals surface area contributed by atoms with E-state index in [-0.39, 0.29) is 13.0 Å². The molecule has 21 heavy (non-hydrogen) atoms. The standard InChI is InChI=1S/C16H25N3O2/c1-2-3-7-11-18-16(21)19-15(20)13-17-12-10-14-8-5-4-6-9-14/h4-6,8-9,17H,2-3,7,10-13H2,1H3,(H2,18,19,20,21)/i12D2. The predicted octanol–water partition coefficient (Wildman–Crippen LogP) is 1.83. The largest absolute Gasteiger partial charge is 0.338 e. The van der Waals surface area contributed by atoms with Gasteiger partial charge in [0.1, 0.15) is 0 Å². The third-order valence-electron chi connectivity index (χ3n) is 2.83. The molecule has 0 bridgehead atoms. The maximum Gasteiger partial charge on any atom is 0.321 e. The summed E-state index contributed by atoms with van der Waals surface area (Å²) in [6.45, 7) is 0.604. The van der Waals surface area contributed by atoms with Crippen molar-refractivity contribution in [3.05, 3.63) is 35.9 Å². The summed E-state index contributed by atoms with van der Waals surface area (Å²) in [4.78, 5) is 23.1. The van der Waals surface area contributed by atoms with E-state index in [2.05, 4.69) is 22.9 Å². The average Bonchev–Trinajstić information content (AvgIpc) is 2.50. The van der Waals surface area contributed by atoms with E-state index in [1.807, 2.05) is 30.3 Å². The fraction of sp³-hybridized carbons (Fsp3) is 0.500. The molecule has 0 aliphatic carbocycles. The molecular formula is C16H25N3O2. The second-order valence-corrected chi connectivity index (χ2v) is 4.70. The van der Waals surface area contributed by atoms with Crippen LogP contribution in [0.15, 0.2) is 30.3 Å². The summed E-state index contributed by atoms with van der Waals surface area (Å²) in [6.07, 6.45) is 3.10. The highest BCUT2D eigenvalue weighted by Gasteiger charge is 2.05. The molecular weight excluding hydrogens is 266 g/mol. The Morgan fingerprint density at radius 1 is 1.19 bits per heavy atom. The SMILES string of the molecule is [2H]C([2H])(Cc1ccccc1)NCC(=O)NC(=O)NCCCCC. The lowest BCUT2D eigenvalue weighted by atomic mass is 10.1. The van der Waals surface area contributed by atoms with Gasteiger partial charge in [0, 0.05) is 9.29 Å². The summed E-state index contributed by atoms with van der Waals surface area (Å²) in [5, 5.41) is 7.30. The Kier molecular flexibility index (Phi) is 7.27. The normalized spacial score (nSPS) is 12.2. The summed E-state index contributed by atoms with van der Waals surface area (Å²) < 4.78 is 15.7. The third-order valence-corrected chi connectivity index (χ3v) is 2.83. The number of aryl methyl sites for hydroxylation is 1. The van der Waals surface area contributed by atoms with Crippen molar-refractivity contribution in [1.82, 2.24) is 16.0 Å². The third kappa shape index (κ3) is 8.81. The zero-order valence-corrected chi connectivity index (χ0v) is 12.4. The van der Waals surface area contributed by atoms with Gasteiger partial charge in [-0.15, -0.1) is 0 Å². The first-order valence-corrected chi connectivity index (χ1v) is 7.29. The topological polar surface area (TPSA) is 70.2 Å². The second-order valence-electron chi connectivity index (χ2n) is 4.70. The zero-order valence-electron chi connectivity index (χ0n) is 14.4. The summed E-state index contributed by atoms with van der Waals surface area (Å²) in [7, 11) is 0. The molecule has 1 aromatic carbocycles. The molecule has 0 unspecified atom stereocenters. The number of carbonyl (C=O) groups excluding carboxylic acids is 2. The van der Waals surface area contributed by atoms with Crippen LogP contribution < -0.4 is 16.0 Å². The van der Waals surface area contributed by atoms with Crippen molar-refractivity contribution in [1.29, 1.82) is 0 Å². The van der Waals surface area contributed by atoms with Crippen molar-refractivity contribution in [2.45, 2.75) is 32.6 Å². The number of unbranched alkanes of at least 4 members (excludes halogenated alkanes) is 2. The molecule has 0 radical (unpaired) electrons. The van der Waals surface area contributed by atoms with Gasteiger partial charge < -0.3 is 10.6 Å². The van der Waals surface area contributed by atoms with E-state index in [0.29, 0.717) is 6.54 Å². The highest BCUT2D eigenvalue weighted by Crippen LogP contribution is 1.97. The summed E-state index contributed by atoms with van der Waals surface area (Å²) >= 11 is 0. The van der Waals surface area contributed by atoms with Gasteiger partial charge >= 0.3 is 6.03 Å². The van der Waals surface area contributed by atoms with Gasteiger partial charge in [0.05, 0.1) is 6.54 Å². The number of amides is 3. The fourth-order valence-corrected chi connectivity index (χ4v) is 1.70. The Labute approximate surface area is 129 Å². The molecule has 0 atom stereocenters. The van der Waals surface area contributed by atoms with Gasteiger partial charge in [-0.05, 0) is 24.9 Å². The van der Waals surface area contributed by atoms with Gasteiger partial charge in [-0.1, -0.05) is 50.1 Å². The number of nitrogens with one attached hydrogen (secondary N) is 3. The number of hydrogen-bond acceptors (Lipinski definition) is 3. The molecule has 0 aliphatic heterocycles. The molecule has 3 N–H and O–H groups in total. The summed E-state index contributed by atoms with van der Waals surface area (Å²) in [5.74, 6) is -0.560. The van der Waals surface area contributed by atoms with E-state index in [0.717, 1.165) is 24.8 Å². The lowest BCUT2D eigenvalue weighted by Gasteiger charge is -2.07. The number of urea groups is 1. The van der Waals surface area contributed by atoms with E-state index < -0.39 is 18.4 Å². The van der Waals surface area contributed by atoms with Crippen LogP contribution in [-0.2, 0) is 11.2 Å². The van der Waals surface area contributed by atoms with Crippen LogP contribution in [0.1, 0.15) is 34.5 Å². The van der Waals surface area contributed by atoms with Crippen molar-refractivity contribution in [2.75, 3.05) is 19.6 Å². The Morgan fingerprint density at radius 3 is 2.67 bits per heavy atom. The first-order chi connectivity index (χ1) is 10.9. The average molecular weight is 293 g/mol. The lowest BCUT2D eigenvalue weighted by molar-refractivity contribution is -0.119. The number of benzene rings is 1. The molecule has 0 saturated heterocycles. The minimum atomic E-state index is -1.73. The predicted molar refractivity (Wildman–Crippen MR) is 84.1 cm³/mol. The van der Waals surface area contributed by atoms with E-state index in [1.165, 1.54) is 0 Å². The number of imide groups is 1. The Morgan fingerprint density at radius 2 is 1.95 bits per heavy atom. The molecule has 5 heteroatoms. The van der Waals surface area contributed by atoms with E-state index in [1.54, 1.807) is 0 Å². The van der Waals surface area contributed by atoms with Crippen LogP contribution in [-0.4, -0.2) is 31.5 Å². The molecule has 0 heterocycles. The molecule has 0 saturated carbocycles. The van der Waals surface area contributed by atoms with Crippen molar-refractivity contribution in [3.8, 4) is 0 Å². The Balaban J connectivity index is 2.27. The maximum atomic E-state index is 11.6. The molecule has 1 rings (SSSR count). The molecule has 0 aromatic heterocycles. The summed E-state index contributed by atoms with van der Waals surface area (Å²) in [6, 6.07) is 8.63. The maximum absolute atomic E-state index is 11.6. The van der Waals surface area contributed by atoms with Crippen LogP contribution in [0.5, 0.6) is 0 Å². The van der Waals surface area contributed by atoms with E-state index in [9.17, 15) is 9.59 Å². The molecule has 1 aromatic rings. The molecule has 0 spiro atoms. The molecule has 0 fully saturated rings. The summed E-state index contributed by atoms with van der Waals surface area (Å²) in [5.41, 5.74) is 0.832. The van der Waals surface area contributed by atoms with E-state index in [4.69, 9.17) is 2.74 Å². The zero-order chi connectivity index (χ0) is 17.1. The molecule has 116 valence electrons. The van der Waals surface area contributed by atoms with Crippen molar-refractivity contribution in [3.63, 3.8) is 0 Å². The van der Waals surface area contributed by atoms with Crippen LogP contribution in [0.2, 0.25) is 0 Å². The van der Waals surface area contributed by atoms with Gasteiger partial charge in [-0.2, -0.15) is 0 Å². The van der Waals surface area contributed by atoms with Crippen molar-refractivity contribution < 1.29 is 12.3 Å². The monoisotopic (exact) mass is 293 g/mol. The molecule has 5 nitrogen and oxygen atoms in total. The van der Waals surface area contributed by atoms with Crippen molar-refractivity contribution >= 4 is 11.9 Å². The first-order valence-electron chi connectivity index (χ1n) is 8.29. The van der Waals surface area contributed by atoms with Crippen LogP contribution in [0, 0.1) is 0 Å². The minimum absolute atomic E-state index is 0.143. The quantitative estimate of drug-likeness (QED) is 0.608. The van der Waals surface area contributed by atoms with Gasteiger partial charge in [0.15, 0.2) is 0 Å². The van der Waals surface area contributed by atoms with Crippen molar-refractivity contribution in [2.24, 2.45) is 0 Å². The minimum Gasteiger partial charge on any atom is -0.338 e. The lowest BCUT2D eigenvalue weighted by Crippen LogP contribution is -2.43. The number of rotatable bonds is 9. The second kappa shape index (κ2) is 10.9. The Bertz CT molecular complexity index is 495. The van der Waals surface area contributed by atoms with Crippen LogP contribution in [0.4, 0.5) is 4.79 Å². The smallest absolute Gasteiger partial charge is 0.321 e. The molecule has 3 amide bonds. The van der Waals surface area contributed by atoms with Gasteiger partial charge in [-0.3, -0.25) is 10.1 Å². The highest BCUT2D eigenvalue weighted by atomic mass is 16.2. The number of hydrogen-bond donors (Lipinski definition) is 3. The van der Waals surface area contributed by atoms with Crippen LogP contribution in [0.25, 0.3) is 0 Å². The van der Waals surface area contributed by atoms with Gasteiger partial charge in [0.25, 0.3) is 0 Å². The van der Waals surface area contributed by atoms with Gasteiger partial charge in [-0.25, -0.2) is 4.79 Å². The van der Waals surface area contributed by atoms with Gasteiger partial charge in [0.2, 0.25) is 5.91 Å². The van der Waals surface area contributed by atoms with Crippen LogP contribution >= 0.6 is 0 Å². The fourth-order valence-electron chi connectivity index (χ4n) is 1.70. The van der Waals surface area contributed by atoms with E-state index >= 15 is 0 Å². The van der Waals surface area contributed by atoms with Crippen LogP contribution in [0.3, 0.4) is 0 Å². The Hall–Kier alpha value is -1.88. The first kappa shape index (κ1) is 14.1.